The molecular weight excluding hydrogens is 464 g/mol. The molecule has 178 valence electrons. The predicted molar refractivity (Wildman–Crippen MR) is 130 cm³/mol. The first kappa shape index (κ1) is 25.0. The van der Waals surface area contributed by atoms with Crippen LogP contribution in [-0.2, 0) is 14.4 Å². The lowest BCUT2D eigenvalue weighted by atomic mass is 9.89. The van der Waals surface area contributed by atoms with Gasteiger partial charge in [-0.25, -0.2) is 4.79 Å². The second-order valence-corrected chi connectivity index (χ2v) is 9.50. The van der Waals surface area contributed by atoms with Crippen LogP contribution in [0.3, 0.4) is 0 Å². The summed E-state index contributed by atoms with van der Waals surface area (Å²) < 4.78 is 11.5. The molecule has 1 aromatic carbocycles. The third-order valence-electron chi connectivity index (χ3n) is 5.47. The van der Waals surface area contributed by atoms with Crippen molar-refractivity contribution in [3.8, 4) is 11.5 Å². The highest BCUT2D eigenvalue weighted by molar-refractivity contribution is 8.26. The second kappa shape index (κ2) is 11.5. The maximum atomic E-state index is 12.9. The summed E-state index contributed by atoms with van der Waals surface area (Å²) in [4.78, 5) is 37.1. The lowest BCUT2D eigenvalue weighted by molar-refractivity contribution is -0.145. The van der Waals surface area contributed by atoms with E-state index in [9.17, 15) is 19.5 Å². The zero-order valence-corrected chi connectivity index (χ0v) is 20.3. The Morgan fingerprint density at radius 1 is 1.27 bits per heavy atom. The molecular formula is C23H28N2O6S2. The van der Waals surface area contributed by atoms with E-state index in [1.807, 2.05) is 6.92 Å². The maximum Gasteiger partial charge on any atom is 0.344 e. The Labute approximate surface area is 202 Å². The molecule has 1 aliphatic heterocycles. The Bertz CT molecular complexity index is 958. The van der Waals surface area contributed by atoms with Gasteiger partial charge in [0.05, 0.1) is 11.5 Å². The number of carboxylic acids is 1. The van der Waals surface area contributed by atoms with E-state index in [0.717, 1.165) is 48.9 Å². The smallest absolute Gasteiger partial charge is 0.344 e. The van der Waals surface area contributed by atoms with Crippen LogP contribution in [-0.4, -0.2) is 44.9 Å². The number of hydrazine groups is 1. The number of carbonyl (C=O) groups excluding carboxylic acids is 2. The van der Waals surface area contributed by atoms with Crippen LogP contribution in [0.5, 0.6) is 11.5 Å². The third-order valence-corrected chi connectivity index (χ3v) is 6.77. The quantitative estimate of drug-likeness (QED) is 0.391. The van der Waals surface area contributed by atoms with Crippen LogP contribution in [0.25, 0.3) is 6.08 Å². The van der Waals surface area contributed by atoms with Gasteiger partial charge < -0.3 is 14.6 Å². The van der Waals surface area contributed by atoms with Crippen LogP contribution < -0.4 is 14.9 Å². The molecule has 8 nitrogen and oxygen atoms in total. The Morgan fingerprint density at radius 3 is 2.64 bits per heavy atom. The topological polar surface area (TPSA) is 105 Å². The summed E-state index contributed by atoms with van der Waals surface area (Å²) in [7, 11) is 0. The van der Waals surface area contributed by atoms with Crippen LogP contribution in [0.2, 0.25) is 0 Å². The first-order valence-electron chi connectivity index (χ1n) is 11.1. The average molecular weight is 493 g/mol. The van der Waals surface area contributed by atoms with E-state index in [-0.39, 0.29) is 22.1 Å². The van der Waals surface area contributed by atoms with Crippen molar-refractivity contribution in [1.82, 2.24) is 10.4 Å². The minimum absolute atomic E-state index is 0.0913. The van der Waals surface area contributed by atoms with Crippen molar-refractivity contribution in [2.24, 2.45) is 5.92 Å². The highest BCUT2D eigenvalue weighted by Crippen LogP contribution is 2.35. The Hall–Kier alpha value is -2.59. The van der Waals surface area contributed by atoms with E-state index >= 15 is 0 Å². The molecule has 1 saturated carbocycles. The van der Waals surface area contributed by atoms with E-state index in [0.29, 0.717) is 35.0 Å². The number of hydrogen-bond donors (Lipinski definition) is 2. The molecule has 1 heterocycles. The molecule has 1 aromatic rings. The molecule has 0 radical (unpaired) electrons. The first-order valence-corrected chi connectivity index (χ1v) is 12.3. The van der Waals surface area contributed by atoms with E-state index in [1.54, 1.807) is 31.2 Å². The first-order chi connectivity index (χ1) is 15.8. The summed E-state index contributed by atoms with van der Waals surface area (Å²) in [6.07, 6.45) is 5.80. The van der Waals surface area contributed by atoms with Crippen LogP contribution >= 0.6 is 24.0 Å². The molecule has 0 bridgehead atoms. The SMILES string of the molecule is CCOc1cc(/C=C2/SC(=S)N(NC(=O)C3CCCCC3)C2=O)ccc1OC(CC)C(=O)O. The third kappa shape index (κ3) is 6.26. The van der Waals surface area contributed by atoms with Gasteiger partial charge in [0.15, 0.2) is 21.9 Å². The normalized spacial score (nSPS) is 19.0. The number of carbonyl (C=O) groups is 3. The number of nitrogens with zero attached hydrogens (tertiary/aromatic N) is 1. The number of thiocarbonyl (C=S) groups is 1. The zero-order valence-electron chi connectivity index (χ0n) is 18.7. The van der Waals surface area contributed by atoms with Crippen molar-refractivity contribution >= 4 is 52.2 Å². The molecule has 10 heteroatoms. The highest BCUT2D eigenvalue weighted by atomic mass is 32.2. The van der Waals surface area contributed by atoms with Crippen molar-refractivity contribution in [3.63, 3.8) is 0 Å². The predicted octanol–water partition coefficient (Wildman–Crippen LogP) is 4.14. The molecule has 2 aliphatic rings. The number of benzene rings is 1. The maximum absolute atomic E-state index is 12.9. The Morgan fingerprint density at radius 2 is 2.00 bits per heavy atom. The summed E-state index contributed by atoms with van der Waals surface area (Å²) >= 11 is 6.43. The Kier molecular flexibility index (Phi) is 8.74. The van der Waals surface area contributed by atoms with Gasteiger partial charge in [0.2, 0.25) is 5.91 Å². The number of aliphatic carboxylic acids is 1. The molecule has 0 aromatic heterocycles. The van der Waals surface area contributed by atoms with E-state index in [2.05, 4.69) is 5.43 Å². The molecule has 2 amide bonds. The number of nitrogens with one attached hydrogen (secondary N) is 1. The fourth-order valence-corrected chi connectivity index (χ4v) is 4.90. The molecule has 1 aliphatic carbocycles. The molecule has 1 atom stereocenters. The zero-order chi connectivity index (χ0) is 24.0. The van der Waals surface area contributed by atoms with Crippen LogP contribution in [0.4, 0.5) is 0 Å². The van der Waals surface area contributed by atoms with Crippen LogP contribution in [0.15, 0.2) is 23.1 Å². The molecule has 1 saturated heterocycles. The number of amides is 2. The minimum atomic E-state index is -1.05. The fraction of sp³-hybridized carbons (Fsp3) is 0.478. The highest BCUT2D eigenvalue weighted by Gasteiger charge is 2.35. The average Bonchev–Trinajstić information content (AvgIpc) is 3.06. The standard InChI is InChI=1S/C23H28N2O6S2/c1-3-16(22(28)29)31-17-11-10-14(12-18(17)30-4-2)13-19-21(27)25(23(32)33-19)24-20(26)15-8-6-5-7-9-15/h10-13,15-16H,3-9H2,1-2H3,(H,24,26)(H,28,29)/b19-13+. The van der Waals surface area contributed by atoms with Gasteiger partial charge in [-0.3, -0.25) is 15.0 Å². The van der Waals surface area contributed by atoms with Crippen LogP contribution in [0.1, 0.15) is 57.9 Å². The van der Waals surface area contributed by atoms with Gasteiger partial charge in [-0.05, 0) is 62.2 Å². The summed E-state index contributed by atoms with van der Waals surface area (Å²) in [5.74, 6) is -1.00. The molecule has 0 spiro atoms. The van der Waals surface area contributed by atoms with Gasteiger partial charge in [-0.2, -0.15) is 5.01 Å². The van der Waals surface area contributed by atoms with Gasteiger partial charge in [0.1, 0.15) is 0 Å². The number of carboxylic acid groups (broad SMARTS) is 1. The van der Waals surface area contributed by atoms with Crippen molar-refractivity contribution in [1.29, 1.82) is 0 Å². The van der Waals surface area contributed by atoms with E-state index in [4.69, 9.17) is 21.7 Å². The largest absolute Gasteiger partial charge is 0.490 e. The summed E-state index contributed by atoms with van der Waals surface area (Å²) in [6, 6.07) is 5.01. The molecule has 2 N–H and O–H groups in total. The van der Waals surface area contributed by atoms with Gasteiger partial charge in [0, 0.05) is 5.92 Å². The lowest BCUT2D eigenvalue weighted by Gasteiger charge is -2.23. The molecule has 33 heavy (non-hydrogen) atoms. The van der Waals surface area contributed by atoms with Crippen molar-refractivity contribution in [2.75, 3.05) is 6.61 Å². The van der Waals surface area contributed by atoms with Crippen molar-refractivity contribution in [3.05, 3.63) is 28.7 Å². The second-order valence-electron chi connectivity index (χ2n) is 7.82. The fourth-order valence-electron chi connectivity index (χ4n) is 3.72. The Balaban J connectivity index is 1.75. The number of ether oxygens (including phenoxy) is 2. The number of hydrogen-bond acceptors (Lipinski definition) is 7. The van der Waals surface area contributed by atoms with Gasteiger partial charge in [-0.1, -0.05) is 44.0 Å². The summed E-state index contributed by atoms with van der Waals surface area (Å²) in [5, 5.41) is 10.4. The van der Waals surface area contributed by atoms with E-state index < -0.39 is 12.1 Å². The molecule has 3 rings (SSSR count). The minimum Gasteiger partial charge on any atom is -0.490 e. The van der Waals surface area contributed by atoms with Gasteiger partial charge in [0.25, 0.3) is 5.91 Å². The van der Waals surface area contributed by atoms with Gasteiger partial charge in [-0.15, -0.1) is 0 Å². The summed E-state index contributed by atoms with van der Waals surface area (Å²) in [6.45, 7) is 3.90. The van der Waals surface area contributed by atoms with Crippen molar-refractivity contribution in [2.45, 2.75) is 58.5 Å². The van der Waals surface area contributed by atoms with Crippen molar-refractivity contribution < 1.29 is 29.0 Å². The number of rotatable bonds is 9. The van der Waals surface area contributed by atoms with Crippen LogP contribution in [0, 0.1) is 5.92 Å². The number of thioether (sulfide) groups is 1. The van der Waals surface area contributed by atoms with E-state index in [1.165, 1.54) is 0 Å². The molecule has 2 fully saturated rings. The lowest BCUT2D eigenvalue weighted by Crippen LogP contribution is -2.47. The molecule has 1 unspecified atom stereocenters. The summed E-state index contributed by atoms with van der Waals surface area (Å²) in [5.41, 5.74) is 3.35. The monoisotopic (exact) mass is 492 g/mol. The van der Waals surface area contributed by atoms with Gasteiger partial charge >= 0.3 is 5.97 Å².